The van der Waals surface area contributed by atoms with E-state index in [1.807, 2.05) is 0 Å². The van der Waals surface area contributed by atoms with E-state index in [0.717, 1.165) is 40.7 Å². The van der Waals surface area contributed by atoms with Crippen LogP contribution in [-0.2, 0) is 6.54 Å². The Morgan fingerprint density at radius 2 is 0.877 bits per heavy atom. The van der Waals surface area contributed by atoms with Gasteiger partial charge in [-0.15, -0.1) is 0 Å². The molecule has 12 rings (SSSR count). The summed E-state index contributed by atoms with van der Waals surface area (Å²) in [5.41, 5.74) is 16.6. The summed E-state index contributed by atoms with van der Waals surface area (Å²) in [7, 11) is 0. The summed E-state index contributed by atoms with van der Waals surface area (Å²) in [6.45, 7) is 0.817. The number of benzene rings is 9. The van der Waals surface area contributed by atoms with Crippen LogP contribution in [0.25, 0.3) is 32.9 Å². The summed E-state index contributed by atoms with van der Waals surface area (Å²) in [6.07, 6.45) is 9.07. The highest BCUT2D eigenvalue weighted by atomic mass is 15.2. The van der Waals surface area contributed by atoms with Gasteiger partial charge in [-0.3, -0.25) is 0 Å². The second kappa shape index (κ2) is 16.4. The monoisotopic (exact) mass is 834 g/mol. The van der Waals surface area contributed by atoms with Gasteiger partial charge in [0.05, 0.1) is 6.04 Å². The number of fused-ring (bicyclic) bond motifs is 6. The zero-order chi connectivity index (χ0) is 43.1. The van der Waals surface area contributed by atoms with Gasteiger partial charge in [0.1, 0.15) is 0 Å². The van der Waals surface area contributed by atoms with Crippen molar-refractivity contribution in [1.82, 2.24) is 4.57 Å². The van der Waals surface area contributed by atoms with Crippen molar-refractivity contribution >= 4 is 67.3 Å². The number of aromatic nitrogens is 1. The van der Waals surface area contributed by atoms with Gasteiger partial charge in [0.15, 0.2) is 0 Å². The van der Waals surface area contributed by atoms with E-state index in [0.29, 0.717) is 0 Å². The van der Waals surface area contributed by atoms with E-state index in [1.165, 1.54) is 55.4 Å². The first kappa shape index (κ1) is 38.3. The lowest BCUT2D eigenvalue weighted by molar-refractivity contribution is 0.745. The van der Waals surface area contributed by atoms with Crippen molar-refractivity contribution in [3.8, 4) is 11.1 Å². The summed E-state index contributed by atoms with van der Waals surface area (Å²) >= 11 is 0. The number of rotatable bonds is 10. The van der Waals surface area contributed by atoms with Crippen LogP contribution in [0.5, 0.6) is 0 Å². The number of para-hydroxylation sites is 4. The molecule has 0 saturated carbocycles. The van der Waals surface area contributed by atoms with Gasteiger partial charge in [0.25, 0.3) is 0 Å². The van der Waals surface area contributed by atoms with Crippen molar-refractivity contribution in [2.24, 2.45) is 0 Å². The minimum Gasteiger partial charge on any atom is -0.336 e. The summed E-state index contributed by atoms with van der Waals surface area (Å²) in [4.78, 5) is 7.23. The molecule has 65 heavy (non-hydrogen) atoms. The number of nitrogens with zero attached hydrogens (tertiary/aromatic N) is 4. The molecule has 4 nitrogen and oxygen atoms in total. The van der Waals surface area contributed by atoms with Gasteiger partial charge in [-0.2, -0.15) is 0 Å². The van der Waals surface area contributed by atoms with Crippen molar-refractivity contribution in [3.63, 3.8) is 0 Å². The summed E-state index contributed by atoms with van der Waals surface area (Å²) in [6, 6.07) is 83.9. The Hall–Kier alpha value is -8.34. The molecule has 0 amide bonds. The minimum absolute atomic E-state index is 0.241. The van der Waals surface area contributed by atoms with Crippen molar-refractivity contribution in [1.29, 1.82) is 0 Å². The smallest absolute Gasteiger partial charge is 0.0629 e. The van der Waals surface area contributed by atoms with Crippen LogP contribution in [0.3, 0.4) is 0 Å². The Bertz CT molecular complexity index is 3340. The van der Waals surface area contributed by atoms with E-state index in [1.54, 1.807) is 0 Å². The Morgan fingerprint density at radius 3 is 1.52 bits per heavy atom. The Balaban J connectivity index is 0.874. The molecule has 0 bridgehead atoms. The van der Waals surface area contributed by atoms with Gasteiger partial charge in [0, 0.05) is 79.8 Å². The summed E-state index contributed by atoms with van der Waals surface area (Å²) in [5.74, 6) is 0.269. The van der Waals surface area contributed by atoms with Crippen LogP contribution in [0.2, 0.25) is 0 Å². The normalized spacial score (nSPS) is 15.0. The van der Waals surface area contributed by atoms with E-state index < -0.39 is 0 Å². The lowest BCUT2D eigenvalue weighted by Crippen LogP contribution is -2.28. The third-order valence-electron chi connectivity index (χ3n) is 13.1. The summed E-state index contributed by atoms with van der Waals surface area (Å²) < 4.78 is 2.45. The molecule has 1 aliphatic heterocycles. The molecular weight excluding hydrogens is 789 g/mol. The number of hydrogen-bond acceptors (Lipinski definition) is 3. The van der Waals surface area contributed by atoms with Crippen LogP contribution in [0.1, 0.15) is 17.0 Å². The molecule has 2 atom stereocenters. The van der Waals surface area contributed by atoms with E-state index in [4.69, 9.17) is 0 Å². The topological polar surface area (TPSA) is 14.7 Å². The molecule has 1 aromatic heterocycles. The van der Waals surface area contributed by atoms with Crippen LogP contribution < -0.4 is 14.7 Å². The molecule has 0 fully saturated rings. The highest BCUT2D eigenvalue weighted by Gasteiger charge is 2.38. The lowest BCUT2D eigenvalue weighted by Gasteiger charge is -2.28. The zero-order valence-electron chi connectivity index (χ0n) is 35.9. The SMILES string of the molecule is C1=CC2c3cc(N(c4ccccc4)c4ccc(-c5ccc(N(c6ccccc6)c6ccc7c(c6)c6ccccc6n7Cc6ccccc6)cc5)cc4)ccc3N(c3ccccc3)C2C=C1. The van der Waals surface area contributed by atoms with Crippen LogP contribution in [0.4, 0.5) is 45.5 Å². The second-order valence-corrected chi connectivity index (χ2v) is 17.0. The molecule has 0 spiro atoms. The molecule has 0 saturated heterocycles. The average molecular weight is 835 g/mol. The fraction of sp³-hybridized carbons (Fsp3) is 0.0492. The maximum atomic E-state index is 2.49. The molecule has 0 radical (unpaired) electrons. The maximum Gasteiger partial charge on any atom is 0.0629 e. The molecule has 310 valence electrons. The molecule has 9 aromatic carbocycles. The van der Waals surface area contributed by atoms with Gasteiger partial charge in [-0.25, -0.2) is 0 Å². The predicted molar refractivity (Wildman–Crippen MR) is 273 cm³/mol. The molecule has 1 aliphatic carbocycles. The quantitative estimate of drug-likeness (QED) is 0.136. The lowest BCUT2D eigenvalue weighted by atomic mass is 9.91. The third-order valence-corrected chi connectivity index (χ3v) is 13.1. The molecule has 2 unspecified atom stereocenters. The Morgan fingerprint density at radius 1 is 0.385 bits per heavy atom. The maximum absolute atomic E-state index is 2.49. The molecule has 2 aliphatic rings. The van der Waals surface area contributed by atoms with E-state index in [2.05, 4.69) is 274 Å². The fourth-order valence-electron chi connectivity index (χ4n) is 10.1. The third kappa shape index (κ3) is 6.97. The van der Waals surface area contributed by atoms with Gasteiger partial charge in [0.2, 0.25) is 0 Å². The summed E-state index contributed by atoms with van der Waals surface area (Å²) in [5, 5.41) is 2.51. The minimum atomic E-state index is 0.241. The highest BCUT2D eigenvalue weighted by molar-refractivity contribution is 6.09. The average Bonchev–Trinajstić information content (AvgIpc) is 3.87. The highest BCUT2D eigenvalue weighted by Crippen LogP contribution is 2.50. The number of hydrogen-bond donors (Lipinski definition) is 0. The van der Waals surface area contributed by atoms with Gasteiger partial charge >= 0.3 is 0 Å². The van der Waals surface area contributed by atoms with Gasteiger partial charge < -0.3 is 19.3 Å². The first-order valence-corrected chi connectivity index (χ1v) is 22.5. The number of allylic oxidation sites excluding steroid dienone is 2. The predicted octanol–water partition coefficient (Wildman–Crippen LogP) is 16.2. The van der Waals surface area contributed by atoms with Gasteiger partial charge in [-0.05, 0) is 125 Å². The Labute approximate surface area is 380 Å². The van der Waals surface area contributed by atoms with E-state index in [9.17, 15) is 0 Å². The first-order chi connectivity index (χ1) is 32.2. The molecule has 10 aromatic rings. The fourth-order valence-corrected chi connectivity index (χ4v) is 10.1. The second-order valence-electron chi connectivity index (χ2n) is 17.0. The van der Waals surface area contributed by atoms with E-state index in [-0.39, 0.29) is 12.0 Å². The molecular formula is C61H46N4. The van der Waals surface area contributed by atoms with Crippen molar-refractivity contribution in [2.45, 2.75) is 18.5 Å². The van der Waals surface area contributed by atoms with Crippen molar-refractivity contribution in [2.75, 3.05) is 14.7 Å². The molecule has 4 heteroatoms. The Kier molecular flexibility index (Phi) is 9.68. The van der Waals surface area contributed by atoms with Crippen molar-refractivity contribution < 1.29 is 0 Å². The standard InChI is InChI=1S/C61H46N4/c1-5-17-44(18-6-1)43-62-58-27-15-13-25-54(58)56-41-52(37-39-59(56)62)63(47-19-7-2-8-20-47)50-33-29-45(30-34-50)46-31-35-51(36-32-46)64(48-21-9-3-10-22-48)53-38-40-61-57(42-53)55-26-14-16-28-60(55)65(61)49-23-11-4-12-24-49/h1-42,55,60H,43H2. The van der Waals surface area contributed by atoms with Crippen LogP contribution in [-0.4, -0.2) is 10.6 Å². The van der Waals surface area contributed by atoms with Gasteiger partial charge in [-0.1, -0.05) is 152 Å². The number of anilines is 8. The van der Waals surface area contributed by atoms with Crippen LogP contribution in [0.15, 0.2) is 255 Å². The van der Waals surface area contributed by atoms with Crippen molar-refractivity contribution in [3.05, 3.63) is 266 Å². The molecule has 0 N–H and O–H groups in total. The van der Waals surface area contributed by atoms with Crippen LogP contribution >= 0.6 is 0 Å². The molecule has 2 heterocycles. The first-order valence-electron chi connectivity index (χ1n) is 22.5. The van der Waals surface area contributed by atoms with E-state index >= 15 is 0 Å². The largest absolute Gasteiger partial charge is 0.336 e. The van der Waals surface area contributed by atoms with Crippen LogP contribution in [0, 0.1) is 0 Å². The zero-order valence-corrected chi connectivity index (χ0v) is 35.9.